The van der Waals surface area contributed by atoms with Crippen molar-refractivity contribution in [1.29, 1.82) is 0 Å². The van der Waals surface area contributed by atoms with Gasteiger partial charge in [0.25, 0.3) is 0 Å². The predicted octanol–water partition coefficient (Wildman–Crippen LogP) is 6.64. The number of hydrogen-bond acceptors (Lipinski definition) is 3. The summed E-state index contributed by atoms with van der Waals surface area (Å²) >= 11 is 0. The number of H-pyrrole nitrogens is 1. The van der Waals surface area contributed by atoms with Crippen LogP contribution in [0, 0.1) is 0 Å². The molecule has 1 aromatic heterocycles. The lowest BCUT2D eigenvalue weighted by Crippen LogP contribution is -2.24. The number of ether oxygens (including phenoxy) is 1. The van der Waals surface area contributed by atoms with Gasteiger partial charge in [-0.25, -0.2) is 0 Å². The molecule has 0 saturated heterocycles. The molecule has 1 heterocycles. The Morgan fingerprint density at radius 2 is 1.68 bits per heavy atom. The maximum Gasteiger partial charge on any atom is 0.244 e. The van der Waals surface area contributed by atoms with Gasteiger partial charge in [0.1, 0.15) is 5.75 Å². The number of nitrogens with zero attached hydrogens (tertiary/aromatic N) is 1. The molecule has 0 spiro atoms. The molecule has 5 aromatic rings. The van der Waals surface area contributed by atoms with Gasteiger partial charge in [0.2, 0.25) is 5.91 Å². The van der Waals surface area contributed by atoms with E-state index in [0.717, 1.165) is 55.5 Å². The molecule has 5 rings (SSSR count). The number of carbonyl (C=O) groups is 1. The van der Waals surface area contributed by atoms with Crippen molar-refractivity contribution in [3.8, 4) is 5.75 Å². The molecular formula is C33H29N3O2. The number of benzene rings is 4. The standard InChI is InChI=1S/C33H29N3O2/c1-3-26-28-12-6-7-14-30(28)36-33(26)32(29-13-8-10-24-9-4-5-11-27(24)29)35-22-21-34-31(37)20-17-23-15-18-25(38-2)19-16-23/h3-20,36H,1,21-22H2,2H3,(H,34,37)/b20-17+,35-32?. The minimum Gasteiger partial charge on any atom is -0.497 e. The number of aliphatic imine (C=N–C) groups is 1. The van der Waals surface area contributed by atoms with Gasteiger partial charge in [-0.15, -0.1) is 0 Å². The Balaban J connectivity index is 1.41. The number of amides is 1. The number of hydrogen-bond donors (Lipinski definition) is 2. The second kappa shape index (κ2) is 11.4. The van der Waals surface area contributed by atoms with Gasteiger partial charge in [0, 0.05) is 34.7 Å². The van der Waals surface area contributed by atoms with Crippen molar-refractivity contribution >= 4 is 45.4 Å². The quantitative estimate of drug-likeness (QED) is 0.136. The van der Waals surface area contributed by atoms with E-state index in [4.69, 9.17) is 9.73 Å². The van der Waals surface area contributed by atoms with E-state index in [2.05, 4.69) is 59.3 Å². The van der Waals surface area contributed by atoms with Crippen LogP contribution in [-0.2, 0) is 4.79 Å². The molecule has 5 nitrogen and oxygen atoms in total. The predicted molar refractivity (Wildman–Crippen MR) is 158 cm³/mol. The summed E-state index contributed by atoms with van der Waals surface area (Å²) in [6.07, 6.45) is 5.19. The van der Waals surface area contributed by atoms with Crippen LogP contribution in [-0.4, -0.2) is 36.8 Å². The van der Waals surface area contributed by atoms with Crippen LogP contribution in [0.1, 0.15) is 22.4 Å². The van der Waals surface area contributed by atoms with Crippen molar-refractivity contribution < 1.29 is 9.53 Å². The van der Waals surface area contributed by atoms with Crippen LogP contribution in [0.15, 0.2) is 109 Å². The van der Waals surface area contributed by atoms with Crippen molar-refractivity contribution in [2.75, 3.05) is 20.2 Å². The van der Waals surface area contributed by atoms with E-state index >= 15 is 0 Å². The summed E-state index contributed by atoms with van der Waals surface area (Å²) < 4.78 is 5.18. The Morgan fingerprint density at radius 1 is 0.947 bits per heavy atom. The summed E-state index contributed by atoms with van der Waals surface area (Å²) in [5.41, 5.74) is 5.76. The van der Waals surface area contributed by atoms with E-state index in [9.17, 15) is 4.79 Å². The first kappa shape index (κ1) is 24.8. The minimum atomic E-state index is -0.167. The van der Waals surface area contributed by atoms with Gasteiger partial charge in [-0.3, -0.25) is 9.79 Å². The number of carbonyl (C=O) groups excluding carboxylic acids is 1. The van der Waals surface area contributed by atoms with Gasteiger partial charge < -0.3 is 15.0 Å². The lowest BCUT2D eigenvalue weighted by Gasteiger charge is -2.11. The van der Waals surface area contributed by atoms with Crippen molar-refractivity contribution in [3.63, 3.8) is 0 Å². The second-order valence-electron chi connectivity index (χ2n) is 8.82. The minimum absolute atomic E-state index is 0.167. The zero-order chi connectivity index (χ0) is 26.3. The van der Waals surface area contributed by atoms with Crippen LogP contribution >= 0.6 is 0 Å². The molecule has 0 atom stereocenters. The number of aromatic amines is 1. The average molecular weight is 500 g/mol. The molecule has 0 unspecified atom stereocenters. The Morgan fingerprint density at radius 3 is 2.47 bits per heavy atom. The molecule has 0 aliphatic rings. The first-order chi connectivity index (χ1) is 18.7. The topological polar surface area (TPSA) is 66.5 Å². The van der Waals surface area contributed by atoms with Crippen LogP contribution in [0.4, 0.5) is 0 Å². The van der Waals surface area contributed by atoms with Crippen LogP contribution in [0.3, 0.4) is 0 Å². The summed E-state index contributed by atoms with van der Waals surface area (Å²) in [5, 5.41) is 6.30. The van der Waals surface area contributed by atoms with E-state index in [-0.39, 0.29) is 5.91 Å². The van der Waals surface area contributed by atoms with E-state index in [0.29, 0.717) is 13.1 Å². The number of para-hydroxylation sites is 1. The van der Waals surface area contributed by atoms with E-state index in [1.165, 1.54) is 6.08 Å². The highest BCUT2D eigenvalue weighted by Crippen LogP contribution is 2.28. The summed E-state index contributed by atoms with van der Waals surface area (Å²) in [6, 6.07) is 30.3. The second-order valence-corrected chi connectivity index (χ2v) is 8.82. The summed E-state index contributed by atoms with van der Waals surface area (Å²) in [7, 11) is 1.63. The molecule has 0 saturated carbocycles. The summed E-state index contributed by atoms with van der Waals surface area (Å²) in [4.78, 5) is 21.0. The smallest absolute Gasteiger partial charge is 0.244 e. The number of rotatable bonds is 9. The van der Waals surface area contributed by atoms with Crippen LogP contribution in [0.2, 0.25) is 0 Å². The number of fused-ring (bicyclic) bond motifs is 2. The molecule has 0 aliphatic heterocycles. The van der Waals surface area contributed by atoms with Gasteiger partial charge in [-0.2, -0.15) is 0 Å². The molecule has 5 heteroatoms. The molecule has 38 heavy (non-hydrogen) atoms. The molecule has 0 fully saturated rings. The van der Waals surface area contributed by atoms with Crippen LogP contribution < -0.4 is 10.1 Å². The van der Waals surface area contributed by atoms with E-state index in [1.54, 1.807) is 13.2 Å². The third-order valence-electron chi connectivity index (χ3n) is 6.46. The fourth-order valence-corrected chi connectivity index (χ4v) is 4.59. The van der Waals surface area contributed by atoms with Crippen molar-refractivity contribution in [2.45, 2.75) is 0 Å². The highest BCUT2D eigenvalue weighted by atomic mass is 16.5. The normalized spacial score (nSPS) is 11.8. The number of methoxy groups -OCH3 is 1. The molecular weight excluding hydrogens is 470 g/mol. The molecule has 2 N–H and O–H groups in total. The molecule has 188 valence electrons. The Labute approximate surface area is 222 Å². The van der Waals surface area contributed by atoms with Crippen molar-refractivity contribution in [1.82, 2.24) is 10.3 Å². The van der Waals surface area contributed by atoms with Gasteiger partial charge in [0.05, 0.1) is 25.1 Å². The van der Waals surface area contributed by atoms with E-state index in [1.807, 2.05) is 54.6 Å². The van der Waals surface area contributed by atoms with Crippen molar-refractivity contribution in [3.05, 3.63) is 126 Å². The average Bonchev–Trinajstić information content (AvgIpc) is 3.34. The first-order valence-corrected chi connectivity index (χ1v) is 12.5. The molecule has 0 bridgehead atoms. The zero-order valence-electron chi connectivity index (χ0n) is 21.3. The Kier molecular flexibility index (Phi) is 7.46. The fourth-order valence-electron chi connectivity index (χ4n) is 4.59. The summed E-state index contributed by atoms with van der Waals surface area (Å²) in [5.74, 6) is 0.612. The van der Waals surface area contributed by atoms with Gasteiger partial charge in [-0.05, 0) is 40.6 Å². The highest BCUT2D eigenvalue weighted by Gasteiger charge is 2.17. The fraction of sp³-hybridized carbons (Fsp3) is 0.0909. The monoisotopic (exact) mass is 499 g/mol. The highest BCUT2D eigenvalue weighted by molar-refractivity contribution is 6.21. The maximum atomic E-state index is 12.4. The third-order valence-corrected chi connectivity index (χ3v) is 6.46. The lowest BCUT2D eigenvalue weighted by atomic mass is 9.97. The van der Waals surface area contributed by atoms with Crippen LogP contribution in [0.25, 0.3) is 33.8 Å². The largest absolute Gasteiger partial charge is 0.497 e. The first-order valence-electron chi connectivity index (χ1n) is 12.5. The SMILES string of the molecule is C=Cc1c(C(=NCCNC(=O)/C=C/c2ccc(OC)cc2)c2cccc3ccccc23)[nH]c2ccccc12. The van der Waals surface area contributed by atoms with Crippen LogP contribution in [0.5, 0.6) is 5.75 Å². The molecule has 0 aliphatic carbocycles. The zero-order valence-corrected chi connectivity index (χ0v) is 21.3. The lowest BCUT2D eigenvalue weighted by molar-refractivity contribution is -0.116. The molecule has 1 amide bonds. The van der Waals surface area contributed by atoms with E-state index < -0.39 is 0 Å². The molecule has 0 radical (unpaired) electrons. The van der Waals surface area contributed by atoms with Gasteiger partial charge >= 0.3 is 0 Å². The Bertz CT molecular complexity index is 1650. The van der Waals surface area contributed by atoms with Gasteiger partial charge in [-0.1, -0.05) is 85.5 Å². The third kappa shape index (κ3) is 5.27. The Hall–Kier alpha value is -4.90. The summed E-state index contributed by atoms with van der Waals surface area (Å²) in [6.45, 7) is 4.91. The number of aromatic nitrogens is 1. The van der Waals surface area contributed by atoms with Gasteiger partial charge in [0.15, 0.2) is 0 Å². The van der Waals surface area contributed by atoms with Crippen molar-refractivity contribution in [2.24, 2.45) is 4.99 Å². The maximum absolute atomic E-state index is 12.4. The molecule has 4 aromatic carbocycles. The number of nitrogens with one attached hydrogen (secondary N) is 2.